The summed E-state index contributed by atoms with van der Waals surface area (Å²) in [6.07, 6.45) is 2.25. The third-order valence-corrected chi connectivity index (χ3v) is 5.61. The molecule has 6 heteroatoms. The molecule has 3 rings (SSSR count). The Morgan fingerprint density at radius 3 is 2.44 bits per heavy atom. The highest BCUT2D eigenvalue weighted by atomic mass is 16.1. The van der Waals surface area contributed by atoms with Gasteiger partial charge in [0.1, 0.15) is 0 Å². The molecule has 0 bridgehead atoms. The highest BCUT2D eigenvalue weighted by Crippen LogP contribution is 2.39. The Bertz CT molecular complexity index is 873. The van der Waals surface area contributed by atoms with Gasteiger partial charge in [0.15, 0.2) is 5.65 Å². The van der Waals surface area contributed by atoms with E-state index in [1.807, 2.05) is 17.7 Å². The Balaban J connectivity index is 2.16. The second kappa shape index (κ2) is 6.59. The number of amides is 1. The number of hydrogen-bond acceptors (Lipinski definition) is 4. The summed E-state index contributed by atoms with van der Waals surface area (Å²) in [5, 5.41) is 8.78. The Labute approximate surface area is 161 Å². The summed E-state index contributed by atoms with van der Waals surface area (Å²) in [4.78, 5) is 18.2. The SMILES string of the molecule is Cc1nn(C(C)(C)C)c2nc(C(C)C)cc(C(=O)NC(C)(CN)C3CC3)c12. The van der Waals surface area contributed by atoms with Crippen molar-refractivity contribution < 1.29 is 4.79 Å². The molecule has 2 heterocycles. The molecule has 0 spiro atoms. The van der Waals surface area contributed by atoms with Gasteiger partial charge in [-0.1, -0.05) is 13.8 Å². The molecule has 2 aromatic rings. The number of aryl methyl sites for hydroxylation is 1. The summed E-state index contributed by atoms with van der Waals surface area (Å²) in [5.41, 5.74) is 8.59. The van der Waals surface area contributed by atoms with Gasteiger partial charge in [0.25, 0.3) is 5.91 Å². The summed E-state index contributed by atoms with van der Waals surface area (Å²) >= 11 is 0. The van der Waals surface area contributed by atoms with Crippen molar-refractivity contribution in [2.75, 3.05) is 6.54 Å². The largest absolute Gasteiger partial charge is 0.345 e. The van der Waals surface area contributed by atoms with Crippen LogP contribution >= 0.6 is 0 Å². The summed E-state index contributed by atoms with van der Waals surface area (Å²) in [5.74, 6) is 0.598. The first-order valence-corrected chi connectivity index (χ1v) is 9.91. The Morgan fingerprint density at radius 2 is 1.96 bits per heavy atom. The fraction of sp³-hybridized carbons (Fsp3) is 0.667. The number of rotatable bonds is 5. The van der Waals surface area contributed by atoms with E-state index in [-0.39, 0.29) is 22.9 Å². The van der Waals surface area contributed by atoms with Gasteiger partial charge in [0.2, 0.25) is 0 Å². The molecule has 27 heavy (non-hydrogen) atoms. The van der Waals surface area contributed by atoms with E-state index < -0.39 is 0 Å². The lowest BCUT2D eigenvalue weighted by molar-refractivity contribution is 0.0899. The first kappa shape index (κ1) is 19.8. The number of nitrogens with two attached hydrogens (primary N) is 1. The number of carbonyl (C=O) groups is 1. The molecule has 1 atom stereocenters. The maximum absolute atomic E-state index is 13.3. The van der Waals surface area contributed by atoms with Gasteiger partial charge in [-0.3, -0.25) is 4.79 Å². The lowest BCUT2D eigenvalue weighted by Gasteiger charge is -2.29. The Hall–Kier alpha value is -1.95. The van der Waals surface area contributed by atoms with E-state index in [1.54, 1.807) is 0 Å². The minimum Gasteiger partial charge on any atom is -0.345 e. The van der Waals surface area contributed by atoms with E-state index in [0.717, 1.165) is 35.3 Å². The number of aromatic nitrogens is 3. The zero-order chi connectivity index (χ0) is 20.1. The fourth-order valence-electron chi connectivity index (χ4n) is 3.62. The van der Waals surface area contributed by atoms with E-state index in [9.17, 15) is 4.79 Å². The van der Waals surface area contributed by atoms with Crippen LogP contribution in [0.5, 0.6) is 0 Å². The van der Waals surface area contributed by atoms with Crippen molar-refractivity contribution >= 4 is 16.9 Å². The van der Waals surface area contributed by atoms with Crippen LogP contribution in [0.1, 0.15) is 82.0 Å². The molecule has 1 fully saturated rings. The van der Waals surface area contributed by atoms with Crippen LogP contribution < -0.4 is 11.1 Å². The quantitative estimate of drug-likeness (QED) is 0.842. The van der Waals surface area contributed by atoms with Crippen LogP contribution in [0.3, 0.4) is 0 Å². The van der Waals surface area contributed by atoms with Crippen LogP contribution in [0.2, 0.25) is 0 Å². The van der Waals surface area contributed by atoms with Gasteiger partial charge in [-0.25, -0.2) is 9.67 Å². The van der Waals surface area contributed by atoms with Crippen LogP contribution in [-0.2, 0) is 5.54 Å². The minimum atomic E-state index is -0.363. The number of nitrogens with one attached hydrogen (secondary N) is 1. The maximum Gasteiger partial charge on any atom is 0.252 e. The van der Waals surface area contributed by atoms with Gasteiger partial charge in [-0.2, -0.15) is 5.10 Å². The summed E-state index contributed by atoms with van der Waals surface area (Å²) in [7, 11) is 0. The van der Waals surface area contributed by atoms with Gasteiger partial charge >= 0.3 is 0 Å². The van der Waals surface area contributed by atoms with Gasteiger partial charge < -0.3 is 11.1 Å². The average molecular weight is 372 g/mol. The van der Waals surface area contributed by atoms with Crippen molar-refractivity contribution in [3.63, 3.8) is 0 Å². The topological polar surface area (TPSA) is 85.8 Å². The molecule has 0 radical (unpaired) electrons. The van der Waals surface area contributed by atoms with Crippen molar-refractivity contribution in [1.82, 2.24) is 20.1 Å². The number of hydrogen-bond donors (Lipinski definition) is 2. The van der Waals surface area contributed by atoms with Crippen molar-refractivity contribution in [2.45, 2.75) is 78.3 Å². The number of carbonyl (C=O) groups excluding carboxylic acids is 1. The van der Waals surface area contributed by atoms with E-state index in [1.165, 1.54) is 0 Å². The summed E-state index contributed by atoms with van der Waals surface area (Å²) in [6, 6.07) is 1.92. The summed E-state index contributed by atoms with van der Waals surface area (Å²) in [6.45, 7) is 14.9. The molecule has 2 aromatic heterocycles. The van der Waals surface area contributed by atoms with Crippen LogP contribution in [0, 0.1) is 12.8 Å². The lowest BCUT2D eigenvalue weighted by atomic mass is 9.94. The highest BCUT2D eigenvalue weighted by Gasteiger charge is 2.42. The molecule has 1 aliphatic carbocycles. The van der Waals surface area contributed by atoms with Gasteiger partial charge in [-0.05, 0) is 65.4 Å². The lowest BCUT2D eigenvalue weighted by Crippen LogP contribution is -2.53. The molecule has 1 amide bonds. The molecule has 6 nitrogen and oxygen atoms in total. The van der Waals surface area contributed by atoms with Crippen molar-refractivity contribution in [3.05, 3.63) is 23.0 Å². The zero-order valence-corrected chi connectivity index (χ0v) is 17.7. The monoisotopic (exact) mass is 371 g/mol. The van der Waals surface area contributed by atoms with Crippen molar-refractivity contribution in [3.8, 4) is 0 Å². The normalized spacial score (nSPS) is 17.4. The Kier molecular flexibility index (Phi) is 4.83. The molecule has 0 saturated heterocycles. The van der Waals surface area contributed by atoms with Crippen molar-refractivity contribution in [2.24, 2.45) is 11.7 Å². The van der Waals surface area contributed by atoms with E-state index in [2.05, 4.69) is 46.9 Å². The van der Waals surface area contributed by atoms with Gasteiger partial charge in [0.05, 0.1) is 27.7 Å². The van der Waals surface area contributed by atoms with Gasteiger partial charge in [-0.15, -0.1) is 0 Å². The molecular formula is C21H33N5O. The molecular weight excluding hydrogens is 338 g/mol. The first-order chi connectivity index (χ1) is 12.5. The molecule has 1 aliphatic rings. The molecule has 148 valence electrons. The van der Waals surface area contributed by atoms with Crippen LogP contribution in [0.25, 0.3) is 11.0 Å². The molecule has 1 saturated carbocycles. The highest BCUT2D eigenvalue weighted by molar-refractivity contribution is 6.07. The summed E-state index contributed by atoms with van der Waals surface area (Å²) < 4.78 is 1.93. The number of fused-ring (bicyclic) bond motifs is 1. The zero-order valence-electron chi connectivity index (χ0n) is 17.7. The average Bonchev–Trinajstić information content (AvgIpc) is 3.37. The third kappa shape index (κ3) is 3.59. The van der Waals surface area contributed by atoms with Gasteiger partial charge in [0, 0.05) is 12.2 Å². The number of pyridine rings is 1. The van der Waals surface area contributed by atoms with Crippen LogP contribution in [0.4, 0.5) is 0 Å². The second-order valence-electron chi connectivity index (χ2n) is 9.47. The molecule has 1 unspecified atom stereocenters. The van der Waals surface area contributed by atoms with Crippen LogP contribution in [-0.4, -0.2) is 32.8 Å². The van der Waals surface area contributed by atoms with E-state index in [4.69, 9.17) is 15.8 Å². The van der Waals surface area contributed by atoms with E-state index in [0.29, 0.717) is 18.0 Å². The van der Waals surface area contributed by atoms with Crippen molar-refractivity contribution in [1.29, 1.82) is 0 Å². The first-order valence-electron chi connectivity index (χ1n) is 9.91. The van der Waals surface area contributed by atoms with Crippen LogP contribution in [0.15, 0.2) is 6.07 Å². The third-order valence-electron chi connectivity index (χ3n) is 5.61. The maximum atomic E-state index is 13.3. The molecule has 0 aromatic carbocycles. The smallest absolute Gasteiger partial charge is 0.252 e. The standard InChI is InChI=1S/C21H33N5O/c1-12(2)16-10-15(19(27)24-21(7,11-22)14-8-9-14)17-13(3)25-26(18(17)23-16)20(4,5)6/h10,12,14H,8-9,11,22H2,1-7H3,(H,24,27). The molecule has 3 N–H and O–H groups in total. The van der Waals surface area contributed by atoms with E-state index >= 15 is 0 Å². The Morgan fingerprint density at radius 1 is 1.33 bits per heavy atom. The predicted octanol–water partition coefficient (Wildman–Crippen LogP) is 3.48. The predicted molar refractivity (Wildman–Crippen MR) is 109 cm³/mol. The second-order valence-corrected chi connectivity index (χ2v) is 9.47. The molecule has 0 aliphatic heterocycles. The minimum absolute atomic E-state index is 0.0827. The number of nitrogens with zero attached hydrogens (tertiary/aromatic N) is 3. The fourth-order valence-corrected chi connectivity index (χ4v) is 3.62.